The van der Waals surface area contributed by atoms with E-state index in [1.54, 1.807) is 19.2 Å². The van der Waals surface area contributed by atoms with Gasteiger partial charge in [-0.15, -0.1) is 0 Å². The Kier molecular flexibility index (Phi) is 7.00. The van der Waals surface area contributed by atoms with Crippen molar-refractivity contribution in [2.75, 3.05) is 20.3 Å². The standard InChI is InChI=1S/C17H19Cl2NO2/c1-21-9-8-20-11-13-2-6-16(7-3-13)22-12-14-4-5-15(18)10-17(14)19/h2-7,10,20H,8-9,11-12H2,1H3. The number of nitrogens with one attached hydrogen (secondary N) is 1. The first-order chi connectivity index (χ1) is 10.7. The Labute approximate surface area is 141 Å². The molecule has 0 fully saturated rings. The van der Waals surface area contributed by atoms with E-state index in [1.165, 1.54) is 5.56 Å². The zero-order valence-electron chi connectivity index (χ0n) is 12.4. The van der Waals surface area contributed by atoms with E-state index in [2.05, 4.69) is 5.32 Å². The maximum absolute atomic E-state index is 6.12. The zero-order chi connectivity index (χ0) is 15.8. The van der Waals surface area contributed by atoms with Crippen molar-refractivity contribution in [1.82, 2.24) is 5.32 Å². The van der Waals surface area contributed by atoms with Gasteiger partial charge in [0.1, 0.15) is 12.4 Å². The van der Waals surface area contributed by atoms with E-state index in [4.69, 9.17) is 32.7 Å². The number of halogens is 2. The first kappa shape index (κ1) is 17.1. The van der Waals surface area contributed by atoms with Gasteiger partial charge in [-0.05, 0) is 29.8 Å². The number of methoxy groups -OCH3 is 1. The van der Waals surface area contributed by atoms with Crippen molar-refractivity contribution in [3.05, 3.63) is 63.6 Å². The molecule has 0 bridgehead atoms. The maximum atomic E-state index is 6.12. The molecule has 22 heavy (non-hydrogen) atoms. The highest BCUT2D eigenvalue weighted by atomic mass is 35.5. The molecule has 118 valence electrons. The summed E-state index contributed by atoms with van der Waals surface area (Å²) in [5, 5.41) is 4.54. The van der Waals surface area contributed by atoms with Gasteiger partial charge in [-0.2, -0.15) is 0 Å². The molecular formula is C17H19Cl2NO2. The molecule has 0 aliphatic carbocycles. The van der Waals surface area contributed by atoms with Gasteiger partial charge in [-0.25, -0.2) is 0 Å². The summed E-state index contributed by atoms with van der Waals surface area (Å²) in [4.78, 5) is 0. The van der Waals surface area contributed by atoms with Gasteiger partial charge < -0.3 is 14.8 Å². The first-order valence-corrected chi connectivity index (χ1v) is 7.80. The lowest BCUT2D eigenvalue weighted by atomic mass is 10.2. The highest BCUT2D eigenvalue weighted by Gasteiger charge is 2.03. The average Bonchev–Trinajstić information content (AvgIpc) is 2.52. The Bertz CT molecular complexity index is 588. The third kappa shape index (κ3) is 5.50. The molecule has 0 aliphatic rings. The number of benzene rings is 2. The second kappa shape index (κ2) is 9.01. The van der Waals surface area contributed by atoms with Crippen LogP contribution in [-0.2, 0) is 17.9 Å². The Balaban J connectivity index is 1.83. The third-order valence-corrected chi connectivity index (χ3v) is 3.73. The van der Waals surface area contributed by atoms with Crippen LogP contribution in [0.25, 0.3) is 0 Å². The minimum atomic E-state index is 0.418. The van der Waals surface area contributed by atoms with Crippen LogP contribution in [0.5, 0.6) is 5.75 Å². The summed E-state index contributed by atoms with van der Waals surface area (Å²) in [5.41, 5.74) is 2.12. The van der Waals surface area contributed by atoms with Crippen LogP contribution in [0.2, 0.25) is 10.0 Å². The van der Waals surface area contributed by atoms with Crippen LogP contribution >= 0.6 is 23.2 Å². The predicted molar refractivity (Wildman–Crippen MR) is 90.8 cm³/mol. The molecule has 0 unspecified atom stereocenters. The van der Waals surface area contributed by atoms with E-state index in [1.807, 2.05) is 30.3 Å². The van der Waals surface area contributed by atoms with Crippen molar-refractivity contribution in [1.29, 1.82) is 0 Å². The highest BCUT2D eigenvalue weighted by Crippen LogP contribution is 2.22. The van der Waals surface area contributed by atoms with Crippen LogP contribution in [0.4, 0.5) is 0 Å². The number of ether oxygens (including phenoxy) is 2. The molecule has 2 aromatic rings. The fraction of sp³-hybridized carbons (Fsp3) is 0.294. The molecule has 0 radical (unpaired) electrons. The molecule has 5 heteroatoms. The molecule has 2 aromatic carbocycles. The minimum Gasteiger partial charge on any atom is -0.489 e. The van der Waals surface area contributed by atoms with Gasteiger partial charge in [0.15, 0.2) is 0 Å². The second-order valence-corrected chi connectivity index (χ2v) is 5.68. The zero-order valence-corrected chi connectivity index (χ0v) is 14.0. The number of hydrogen-bond donors (Lipinski definition) is 1. The lowest BCUT2D eigenvalue weighted by Gasteiger charge is -2.09. The summed E-state index contributed by atoms with van der Waals surface area (Å²) in [7, 11) is 1.70. The summed E-state index contributed by atoms with van der Waals surface area (Å²) < 4.78 is 10.7. The van der Waals surface area contributed by atoms with Crippen molar-refractivity contribution < 1.29 is 9.47 Å². The van der Waals surface area contributed by atoms with Crippen molar-refractivity contribution >= 4 is 23.2 Å². The van der Waals surface area contributed by atoms with Gasteiger partial charge in [0.25, 0.3) is 0 Å². The maximum Gasteiger partial charge on any atom is 0.119 e. The van der Waals surface area contributed by atoms with Crippen LogP contribution in [0.15, 0.2) is 42.5 Å². The number of rotatable bonds is 8. The summed E-state index contributed by atoms with van der Waals surface area (Å²) in [6.45, 7) is 2.78. The normalized spacial score (nSPS) is 10.7. The largest absolute Gasteiger partial charge is 0.489 e. The third-order valence-electron chi connectivity index (χ3n) is 3.14. The van der Waals surface area contributed by atoms with Crippen LogP contribution in [0.1, 0.15) is 11.1 Å². The Morgan fingerprint density at radius 2 is 1.82 bits per heavy atom. The molecule has 0 heterocycles. The second-order valence-electron chi connectivity index (χ2n) is 4.84. The van der Waals surface area contributed by atoms with E-state index < -0.39 is 0 Å². The van der Waals surface area contributed by atoms with Crippen molar-refractivity contribution in [3.63, 3.8) is 0 Å². The molecule has 0 aromatic heterocycles. The summed E-state index contributed by atoms with van der Waals surface area (Å²) in [5.74, 6) is 0.812. The van der Waals surface area contributed by atoms with Gasteiger partial charge in [0, 0.05) is 35.8 Å². The lowest BCUT2D eigenvalue weighted by molar-refractivity contribution is 0.199. The van der Waals surface area contributed by atoms with E-state index in [0.717, 1.165) is 24.4 Å². The van der Waals surface area contributed by atoms with E-state index in [9.17, 15) is 0 Å². The fourth-order valence-corrected chi connectivity index (χ4v) is 2.37. The van der Waals surface area contributed by atoms with Crippen LogP contribution in [-0.4, -0.2) is 20.3 Å². The van der Waals surface area contributed by atoms with Crippen LogP contribution < -0.4 is 10.1 Å². The topological polar surface area (TPSA) is 30.5 Å². The van der Waals surface area contributed by atoms with Crippen molar-refractivity contribution in [2.45, 2.75) is 13.2 Å². The van der Waals surface area contributed by atoms with Gasteiger partial charge in [-0.3, -0.25) is 0 Å². The molecule has 3 nitrogen and oxygen atoms in total. The molecule has 0 saturated heterocycles. The van der Waals surface area contributed by atoms with Gasteiger partial charge >= 0.3 is 0 Å². The first-order valence-electron chi connectivity index (χ1n) is 7.04. The van der Waals surface area contributed by atoms with E-state index >= 15 is 0 Å². The molecule has 0 saturated carbocycles. The molecule has 0 spiro atoms. The molecule has 0 atom stereocenters. The fourth-order valence-electron chi connectivity index (χ4n) is 1.91. The van der Waals surface area contributed by atoms with Crippen LogP contribution in [0.3, 0.4) is 0 Å². The highest BCUT2D eigenvalue weighted by molar-refractivity contribution is 6.35. The van der Waals surface area contributed by atoms with E-state index in [0.29, 0.717) is 23.3 Å². The Hall–Kier alpha value is -1.26. The van der Waals surface area contributed by atoms with Gasteiger partial charge in [-0.1, -0.05) is 41.4 Å². The average molecular weight is 340 g/mol. The summed E-state index contributed by atoms with van der Waals surface area (Å²) >= 11 is 12.0. The molecular weight excluding hydrogens is 321 g/mol. The van der Waals surface area contributed by atoms with Gasteiger partial charge in [0.2, 0.25) is 0 Å². The quantitative estimate of drug-likeness (QED) is 0.727. The Morgan fingerprint density at radius 3 is 2.50 bits per heavy atom. The van der Waals surface area contributed by atoms with Crippen molar-refractivity contribution in [3.8, 4) is 5.75 Å². The molecule has 0 amide bonds. The van der Waals surface area contributed by atoms with Crippen molar-refractivity contribution in [2.24, 2.45) is 0 Å². The smallest absolute Gasteiger partial charge is 0.119 e. The van der Waals surface area contributed by atoms with Crippen LogP contribution in [0, 0.1) is 0 Å². The number of hydrogen-bond acceptors (Lipinski definition) is 3. The summed E-state index contributed by atoms with van der Waals surface area (Å²) in [6, 6.07) is 13.4. The minimum absolute atomic E-state index is 0.418. The van der Waals surface area contributed by atoms with E-state index in [-0.39, 0.29) is 0 Å². The molecule has 2 rings (SSSR count). The molecule has 0 aliphatic heterocycles. The lowest BCUT2D eigenvalue weighted by Crippen LogP contribution is -2.18. The summed E-state index contributed by atoms with van der Waals surface area (Å²) in [6.07, 6.45) is 0. The van der Waals surface area contributed by atoms with Gasteiger partial charge in [0.05, 0.1) is 6.61 Å². The predicted octanol–water partition coefficient (Wildman–Crippen LogP) is 4.31. The molecule has 1 N–H and O–H groups in total. The SMILES string of the molecule is COCCNCc1ccc(OCc2ccc(Cl)cc2Cl)cc1. The Morgan fingerprint density at radius 1 is 1.05 bits per heavy atom. The monoisotopic (exact) mass is 339 g/mol.